The van der Waals surface area contributed by atoms with E-state index in [1.54, 1.807) is 19.1 Å². The van der Waals surface area contributed by atoms with Crippen molar-refractivity contribution in [3.63, 3.8) is 0 Å². The van der Waals surface area contributed by atoms with E-state index < -0.39 is 5.97 Å². The van der Waals surface area contributed by atoms with Crippen molar-refractivity contribution in [1.82, 2.24) is 0 Å². The van der Waals surface area contributed by atoms with Gasteiger partial charge in [-0.3, -0.25) is 9.59 Å². The molecule has 0 fully saturated rings. The highest BCUT2D eigenvalue weighted by molar-refractivity contribution is 5.91. The van der Waals surface area contributed by atoms with E-state index in [4.69, 9.17) is 10.2 Å². The first kappa shape index (κ1) is 13.0. The van der Waals surface area contributed by atoms with Crippen LogP contribution < -0.4 is 5.32 Å². The number of phenolic OH excluding ortho intramolecular Hbond substituents is 1. The number of rotatable bonds is 5. The molecule has 92 valence electrons. The van der Waals surface area contributed by atoms with Crippen molar-refractivity contribution in [1.29, 1.82) is 0 Å². The van der Waals surface area contributed by atoms with Crippen molar-refractivity contribution in [3.05, 3.63) is 24.3 Å². The van der Waals surface area contributed by atoms with Crippen LogP contribution in [0.2, 0.25) is 0 Å². The number of aromatic hydroxyl groups is 1. The third-order valence-electron chi connectivity index (χ3n) is 2.21. The summed E-state index contributed by atoms with van der Waals surface area (Å²) >= 11 is 0. The smallest absolute Gasteiger partial charge is 0.303 e. The van der Waals surface area contributed by atoms with Gasteiger partial charge in [0, 0.05) is 18.5 Å². The first-order valence-corrected chi connectivity index (χ1v) is 5.28. The van der Waals surface area contributed by atoms with Gasteiger partial charge in [-0.25, -0.2) is 0 Å². The van der Waals surface area contributed by atoms with Crippen LogP contribution in [0.15, 0.2) is 24.3 Å². The number of nitrogens with one attached hydrogen (secondary N) is 1. The standard InChI is InChI=1S/C12H15NO4/c1-8(7-12(16)17)6-11(15)13-9-2-4-10(14)5-3-9/h2-5,8,14H,6-7H2,1H3,(H,13,15)(H,16,17). The summed E-state index contributed by atoms with van der Waals surface area (Å²) in [7, 11) is 0. The Morgan fingerprint density at radius 3 is 2.35 bits per heavy atom. The number of carboxylic acid groups (broad SMARTS) is 1. The zero-order valence-electron chi connectivity index (χ0n) is 9.51. The second-order valence-corrected chi connectivity index (χ2v) is 4.00. The van der Waals surface area contributed by atoms with Crippen LogP contribution in [-0.2, 0) is 9.59 Å². The molecule has 0 aliphatic rings. The number of carboxylic acids is 1. The molecule has 1 amide bonds. The molecular weight excluding hydrogens is 222 g/mol. The molecule has 0 radical (unpaired) electrons. The summed E-state index contributed by atoms with van der Waals surface area (Å²) in [5.74, 6) is -1.22. The van der Waals surface area contributed by atoms with Gasteiger partial charge < -0.3 is 15.5 Å². The summed E-state index contributed by atoms with van der Waals surface area (Å²) in [6.07, 6.45) is 0.135. The third kappa shape index (κ3) is 5.01. The van der Waals surface area contributed by atoms with Crippen LogP contribution in [0, 0.1) is 5.92 Å². The van der Waals surface area contributed by atoms with E-state index in [2.05, 4.69) is 5.32 Å². The molecule has 0 heterocycles. The van der Waals surface area contributed by atoms with E-state index in [9.17, 15) is 9.59 Å². The molecule has 0 saturated carbocycles. The average molecular weight is 237 g/mol. The average Bonchev–Trinajstić information content (AvgIpc) is 2.19. The van der Waals surface area contributed by atoms with Crippen LogP contribution in [0.3, 0.4) is 0 Å². The van der Waals surface area contributed by atoms with Crippen LogP contribution >= 0.6 is 0 Å². The van der Waals surface area contributed by atoms with Gasteiger partial charge >= 0.3 is 5.97 Å². The van der Waals surface area contributed by atoms with Crippen molar-refractivity contribution in [2.75, 3.05) is 5.32 Å². The van der Waals surface area contributed by atoms with E-state index in [0.29, 0.717) is 5.69 Å². The number of benzene rings is 1. The highest BCUT2D eigenvalue weighted by Crippen LogP contribution is 2.15. The van der Waals surface area contributed by atoms with E-state index in [1.165, 1.54) is 12.1 Å². The molecule has 5 heteroatoms. The molecule has 1 aromatic carbocycles. The summed E-state index contributed by atoms with van der Waals surface area (Å²) in [5.41, 5.74) is 0.579. The van der Waals surface area contributed by atoms with Crippen molar-refractivity contribution in [2.45, 2.75) is 19.8 Å². The highest BCUT2D eigenvalue weighted by Gasteiger charge is 2.12. The predicted molar refractivity (Wildman–Crippen MR) is 62.8 cm³/mol. The number of amides is 1. The lowest BCUT2D eigenvalue weighted by Crippen LogP contribution is -2.16. The minimum Gasteiger partial charge on any atom is -0.508 e. The van der Waals surface area contributed by atoms with Gasteiger partial charge in [0.1, 0.15) is 5.75 Å². The number of aliphatic carboxylic acids is 1. The Balaban J connectivity index is 2.44. The molecule has 0 aliphatic carbocycles. The molecule has 17 heavy (non-hydrogen) atoms. The van der Waals surface area contributed by atoms with Crippen LogP contribution in [-0.4, -0.2) is 22.1 Å². The van der Waals surface area contributed by atoms with Gasteiger partial charge in [0.15, 0.2) is 0 Å². The van der Waals surface area contributed by atoms with Gasteiger partial charge in [-0.2, -0.15) is 0 Å². The molecule has 0 bridgehead atoms. The van der Waals surface area contributed by atoms with E-state index in [0.717, 1.165) is 0 Å². The molecule has 1 unspecified atom stereocenters. The minimum atomic E-state index is -0.907. The Morgan fingerprint density at radius 1 is 1.24 bits per heavy atom. The largest absolute Gasteiger partial charge is 0.508 e. The maximum Gasteiger partial charge on any atom is 0.303 e. The fraction of sp³-hybridized carbons (Fsp3) is 0.333. The molecule has 0 spiro atoms. The SMILES string of the molecule is CC(CC(=O)O)CC(=O)Nc1ccc(O)cc1. The molecule has 0 aliphatic heterocycles. The van der Waals surface area contributed by atoms with Gasteiger partial charge in [-0.15, -0.1) is 0 Å². The molecule has 0 saturated heterocycles. The first-order chi connectivity index (χ1) is 7.97. The summed E-state index contributed by atoms with van der Waals surface area (Å²) in [6, 6.07) is 6.09. The number of hydrogen-bond acceptors (Lipinski definition) is 3. The van der Waals surface area contributed by atoms with Gasteiger partial charge in [0.25, 0.3) is 0 Å². The summed E-state index contributed by atoms with van der Waals surface area (Å²) in [5, 5.41) is 20.2. The van der Waals surface area contributed by atoms with Crippen LogP contribution in [0.25, 0.3) is 0 Å². The Labute approximate surface area is 99.1 Å². The summed E-state index contributed by atoms with van der Waals surface area (Å²) in [4.78, 5) is 22.0. The number of phenols is 1. The van der Waals surface area contributed by atoms with Crippen molar-refractivity contribution in [2.24, 2.45) is 5.92 Å². The van der Waals surface area contributed by atoms with Crippen LogP contribution in [0.1, 0.15) is 19.8 Å². The fourth-order valence-electron chi connectivity index (χ4n) is 1.44. The van der Waals surface area contributed by atoms with Crippen molar-refractivity contribution < 1.29 is 19.8 Å². The summed E-state index contributed by atoms with van der Waals surface area (Å²) in [6.45, 7) is 1.71. The molecule has 1 atom stereocenters. The third-order valence-corrected chi connectivity index (χ3v) is 2.21. The van der Waals surface area contributed by atoms with Crippen molar-refractivity contribution >= 4 is 17.6 Å². The fourth-order valence-corrected chi connectivity index (χ4v) is 1.44. The molecule has 5 nitrogen and oxygen atoms in total. The van der Waals surface area contributed by atoms with E-state index in [-0.39, 0.29) is 30.4 Å². The Kier molecular flexibility index (Phi) is 4.51. The first-order valence-electron chi connectivity index (χ1n) is 5.28. The maximum absolute atomic E-state index is 11.5. The predicted octanol–water partition coefficient (Wildman–Crippen LogP) is 1.83. The molecular formula is C12H15NO4. The zero-order valence-corrected chi connectivity index (χ0v) is 9.51. The number of anilines is 1. The molecule has 1 aromatic rings. The molecule has 1 rings (SSSR count). The Hall–Kier alpha value is -2.04. The molecule has 0 aromatic heterocycles. The van der Waals surface area contributed by atoms with Crippen LogP contribution in [0.4, 0.5) is 5.69 Å². The monoisotopic (exact) mass is 237 g/mol. The lowest BCUT2D eigenvalue weighted by atomic mass is 10.0. The van der Waals surface area contributed by atoms with Gasteiger partial charge in [0.2, 0.25) is 5.91 Å². The van der Waals surface area contributed by atoms with Gasteiger partial charge in [-0.05, 0) is 30.2 Å². The second kappa shape index (κ2) is 5.89. The number of carbonyl (C=O) groups is 2. The quantitative estimate of drug-likeness (QED) is 0.682. The normalized spacial score (nSPS) is 11.8. The van der Waals surface area contributed by atoms with E-state index in [1.807, 2.05) is 0 Å². The second-order valence-electron chi connectivity index (χ2n) is 4.00. The molecule has 3 N–H and O–H groups in total. The van der Waals surface area contributed by atoms with Gasteiger partial charge in [0.05, 0.1) is 0 Å². The topological polar surface area (TPSA) is 86.6 Å². The minimum absolute atomic E-state index is 0.0248. The van der Waals surface area contributed by atoms with Crippen LogP contribution in [0.5, 0.6) is 5.75 Å². The summed E-state index contributed by atoms with van der Waals surface area (Å²) < 4.78 is 0. The Morgan fingerprint density at radius 2 is 1.82 bits per heavy atom. The number of hydrogen-bond donors (Lipinski definition) is 3. The van der Waals surface area contributed by atoms with Crippen molar-refractivity contribution in [3.8, 4) is 5.75 Å². The Bertz CT molecular complexity index is 399. The highest BCUT2D eigenvalue weighted by atomic mass is 16.4. The van der Waals surface area contributed by atoms with Gasteiger partial charge in [-0.1, -0.05) is 6.92 Å². The van der Waals surface area contributed by atoms with E-state index >= 15 is 0 Å². The lowest BCUT2D eigenvalue weighted by Gasteiger charge is -2.09. The number of carbonyl (C=O) groups excluding carboxylic acids is 1. The maximum atomic E-state index is 11.5. The zero-order chi connectivity index (χ0) is 12.8. The lowest BCUT2D eigenvalue weighted by molar-refractivity contribution is -0.138.